The zero-order valence-corrected chi connectivity index (χ0v) is 12.2. The Morgan fingerprint density at radius 3 is 2.45 bits per heavy atom. The summed E-state index contributed by atoms with van der Waals surface area (Å²) in [6.07, 6.45) is 4.21. The van der Waals surface area contributed by atoms with E-state index in [9.17, 15) is 0 Å². The van der Waals surface area contributed by atoms with Crippen LogP contribution in [0.1, 0.15) is 13.8 Å². The lowest BCUT2D eigenvalue weighted by Gasteiger charge is -2.36. The maximum Gasteiger partial charge on any atom is 0.128 e. The molecule has 0 bridgehead atoms. The first kappa shape index (κ1) is 13.1. The molecule has 5 nitrogen and oxygen atoms in total. The Bertz CT molecular complexity index is 568. The highest BCUT2D eigenvalue weighted by Crippen LogP contribution is 2.22. The van der Waals surface area contributed by atoms with Crippen LogP contribution < -0.4 is 4.90 Å². The van der Waals surface area contributed by atoms with Gasteiger partial charge in [-0.05, 0) is 32.0 Å². The third kappa shape index (κ3) is 2.54. The summed E-state index contributed by atoms with van der Waals surface area (Å²) in [7, 11) is 1.94. The first-order chi connectivity index (χ1) is 9.63. The zero-order chi connectivity index (χ0) is 14.1. The average molecular weight is 272 g/mol. The second-order valence-electron chi connectivity index (χ2n) is 5.41. The number of ether oxygens (including phenoxy) is 1. The minimum Gasteiger partial charge on any atom is -0.372 e. The van der Waals surface area contributed by atoms with Gasteiger partial charge >= 0.3 is 0 Å². The fourth-order valence-corrected chi connectivity index (χ4v) is 2.75. The molecule has 2 aromatic rings. The molecule has 1 aliphatic rings. The number of aromatic nitrogens is 3. The molecule has 0 amide bonds. The Morgan fingerprint density at radius 1 is 1.15 bits per heavy atom. The molecule has 1 fully saturated rings. The molecule has 0 aromatic carbocycles. The number of anilines is 1. The van der Waals surface area contributed by atoms with Crippen LogP contribution in [0, 0.1) is 0 Å². The Kier molecular flexibility index (Phi) is 3.44. The van der Waals surface area contributed by atoms with Crippen LogP contribution in [0.2, 0.25) is 0 Å². The van der Waals surface area contributed by atoms with Gasteiger partial charge in [0.1, 0.15) is 5.82 Å². The van der Waals surface area contributed by atoms with Gasteiger partial charge in [0.05, 0.1) is 17.9 Å². The number of pyridine rings is 1. The number of hydrogen-bond donors (Lipinski definition) is 0. The van der Waals surface area contributed by atoms with E-state index in [1.165, 1.54) is 0 Å². The topological polar surface area (TPSA) is 43.2 Å². The van der Waals surface area contributed by atoms with Crippen molar-refractivity contribution in [2.75, 3.05) is 18.0 Å². The molecular formula is C15H20N4O. The van der Waals surface area contributed by atoms with E-state index in [-0.39, 0.29) is 12.2 Å². The van der Waals surface area contributed by atoms with E-state index in [1.807, 2.05) is 24.0 Å². The summed E-state index contributed by atoms with van der Waals surface area (Å²) < 4.78 is 7.61. The van der Waals surface area contributed by atoms with Gasteiger partial charge in [0.25, 0.3) is 0 Å². The molecule has 5 heteroatoms. The normalized spacial score (nSPS) is 23.1. The van der Waals surface area contributed by atoms with Gasteiger partial charge in [0.15, 0.2) is 0 Å². The van der Waals surface area contributed by atoms with E-state index >= 15 is 0 Å². The third-order valence-corrected chi connectivity index (χ3v) is 3.61. The van der Waals surface area contributed by atoms with E-state index in [2.05, 4.69) is 41.0 Å². The summed E-state index contributed by atoms with van der Waals surface area (Å²) in [5, 5.41) is 4.19. The van der Waals surface area contributed by atoms with Crippen LogP contribution in [0.5, 0.6) is 0 Å². The molecule has 3 heterocycles. The molecule has 2 aromatic heterocycles. The van der Waals surface area contributed by atoms with Crippen LogP contribution in [-0.2, 0) is 11.8 Å². The van der Waals surface area contributed by atoms with Gasteiger partial charge in [0, 0.05) is 38.1 Å². The lowest BCUT2D eigenvalue weighted by atomic mass is 10.2. The van der Waals surface area contributed by atoms with Gasteiger partial charge in [-0.15, -0.1) is 0 Å². The maximum atomic E-state index is 5.76. The van der Waals surface area contributed by atoms with Crippen molar-refractivity contribution in [1.82, 2.24) is 14.8 Å². The zero-order valence-electron chi connectivity index (χ0n) is 12.2. The second-order valence-corrected chi connectivity index (χ2v) is 5.41. The van der Waals surface area contributed by atoms with Crippen molar-refractivity contribution in [2.45, 2.75) is 26.1 Å². The van der Waals surface area contributed by atoms with E-state index in [4.69, 9.17) is 4.74 Å². The number of aryl methyl sites for hydroxylation is 1. The quantitative estimate of drug-likeness (QED) is 0.839. The molecule has 20 heavy (non-hydrogen) atoms. The minimum atomic E-state index is 0.248. The number of nitrogens with zero attached hydrogens (tertiary/aromatic N) is 4. The maximum absolute atomic E-state index is 5.76. The molecule has 106 valence electrons. The van der Waals surface area contributed by atoms with E-state index in [0.29, 0.717) is 0 Å². The molecule has 1 saturated heterocycles. The summed E-state index contributed by atoms with van der Waals surface area (Å²) in [5.74, 6) is 1.01. The average Bonchev–Trinajstić information content (AvgIpc) is 2.84. The van der Waals surface area contributed by atoms with E-state index < -0.39 is 0 Å². The second kappa shape index (κ2) is 5.25. The summed E-state index contributed by atoms with van der Waals surface area (Å²) >= 11 is 0. The fourth-order valence-electron chi connectivity index (χ4n) is 2.75. The van der Waals surface area contributed by atoms with Crippen molar-refractivity contribution in [3.63, 3.8) is 0 Å². The van der Waals surface area contributed by atoms with Gasteiger partial charge < -0.3 is 9.64 Å². The number of morpholine rings is 1. The molecule has 0 aliphatic carbocycles. The molecule has 0 spiro atoms. The summed E-state index contributed by atoms with van der Waals surface area (Å²) in [6.45, 7) is 5.99. The van der Waals surface area contributed by atoms with Crippen molar-refractivity contribution in [3.8, 4) is 11.3 Å². The SMILES string of the molecule is C[C@@H]1CN(c2ccc(-c3ccnn3C)cn2)C[C@H](C)O1. The van der Waals surface area contributed by atoms with Gasteiger partial charge in [0.2, 0.25) is 0 Å². The minimum absolute atomic E-state index is 0.248. The molecule has 0 N–H and O–H groups in total. The molecule has 0 unspecified atom stereocenters. The highest BCUT2D eigenvalue weighted by molar-refractivity contribution is 5.60. The first-order valence-corrected chi connectivity index (χ1v) is 6.98. The number of rotatable bonds is 2. The van der Waals surface area contributed by atoms with Crippen molar-refractivity contribution in [2.24, 2.45) is 7.05 Å². The van der Waals surface area contributed by atoms with Gasteiger partial charge in [-0.25, -0.2) is 4.98 Å². The largest absolute Gasteiger partial charge is 0.372 e. The summed E-state index contributed by atoms with van der Waals surface area (Å²) in [4.78, 5) is 6.88. The van der Waals surface area contributed by atoms with Crippen LogP contribution in [0.15, 0.2) is 30.6 Å². The van der Waals surface area contributed by atoms with Gasteiger partial charge in [-0.3, -0.25) is 4.68 Å². The van der Waals surface area contributed by atoms with Crippen molar-refractivity contribution >= 4 is 5.82 Å². The first-order valence-electron chi connectivity index (χ1n) is 6.98. The van der Waals surface area contributed by atoms with Crippen LogP contribution in [-0.4, -0.2) is 40.1 Å². The van der Waals surface area contributed by atoms with Crippen molar-refractivity contribution in [1.29, 1.82) is 0 Å². The predicted octanol–water partition coefficient (Wildman–Crippen LogP) is 2.10. The third-order valence-electron chi connectivity index (χ3n) is 3.61. The monoisotopic (exact) mass is 272 g/mol. The lowest BCUT2D eigenvalue weighted by Crippen LogP contribution is -2.45. The van der Waals surface area contributed by atoms with Crippen LogP contribution in [0.3, 0.4) is 0 Å². The molecule has 0 saturated carbocycles. The molecule has 2 atom stereocenters. The molecule has 1 aliphatic heterocycles. The van der Waals surface area contributed by atoms with Gasteiger partial charge in [-0.1, -0.05) is 0 Å². The smallest absolute Gasteiger partial charge is 0.128 e. The lowest BCUT2D eigenvalue weighted by molar-refractivity contribution is -0.00545. The summed E-state index contributed by atoms with van der Waals surface area (Å²) in [5.41, 5.74) is 2.16. The van der Waals surface area contributed by atoms with Crippen LogP contribution in [0.25, 0.3) is 11.3 Å². The Balaban J connectivity index is 1.81. The fraction of sp³-hybridized carbons (Fsp3) is 0.467. The Labute approximate surface area is 119 Å². The molecular weight excluding hydrogens is 252 g/mol. The van der Waals surface area contributed by atoms with Crippen LogP contribution >= 0.6 is 0 Å². The molecule has 3 rings (SSSR count). The summed E-state index contributed by atoms with van der Waals surface area (Å²) in [6, 6.07) is 6.17. The van der Waals surface area contributed by atoms with E-state index in [0.717, 1.165) is 30.2 Å². The number of hydrogen-bond acceptors (Lipinski definition) is 4. The Morgan fingerprint density at radius 2 is 1.90 bits per heavy atom. The Hall–Kier alpha value is -1.88. The predicted molar refractivity (Wildman–Crippen MR) is 78.7 cm³/mol. The molecule has 0 radical (unpaired) electrons. The standard InChI is InChI=1S/C15H20N4O/c1-11-9-19(10-12(2)20-11)15-5-4-13(8-16-15)14-6-7-17-18(14)3/h4-8,11-12H,9-10H2,1-3H3/t11-,12+. The van der Waals surface area contributed by atoms with Crippen LogP contribution in [0.4, 0.5) is 5.82 Å². The highest BCUT2D eigenvalue weighted by Gasteiger charge is 2.23. The van der Waals surface area contributed by atoms with E-state index in [1.54, 1.807) is 6.20 Å². The van der Waals surface area contributed by atoms with Crippen molar-refractivity contribution in [3.05, 3.63) is 30.6 Å². The van der Waals surface area contributed by atoms with Gasteiger partial charge in [-0.2, -0.15) is 5.10 Å². The van der Waals surface area contributed by atoms with Crippen molar-refractivity contribution < 1.29 is 4.74 Å². The highest BCUT2D eigenvalue weighted by atomic mass is 16.5.